The molecule has 0 spiro atoms. The Morgan fingerprint density at radius 3 is 2.89 bits per heavy atom. The van der Waals surface area contributed by atoms with Crippen LogP contribution in [0.4, 0.5) is 10.1 Å². The summed E-state index contributed by atoms with van der Waals surface area (Å²) in [6.45, 7) is 0.856. The molecule has 0 saturated carbocycles. The number of rotatable bonds is 3. The molecule has 3 rings (SSSR count). The highest BCUT2D eigenvalue weighted by Crippen LogP contribution is 2.39. The number of hydrogen-bond acceptors (Lipinski definition) is 5. The van der Waals surface area contributed by atoms with Gasteiger partial charge in [0.25, 0.3) is 0 Å². The van der Waals surface area contributed by atoms with Crippen molar-refractivity contribution in [2.24, 2.45) is 0 Å². The summed E-state index contributed by atoms with van der Waals surface area (Å²) in [5.74, 6) is 0.808. The number of anilines is 2. The molecule has 1 aliphatic rings. The molecule has 0 radical (unpaired) electrons. The molecule has 19 heavy (non-hydrogen) atoms. The van der Waals surface area contributed by atoms with Gasteiger partial charge in [0.1, 0.15) is 10.7 Å². The molecule has 0 bridgehead atoms. The summed E-state index contributed by atoms with van der Waals surface area (Å²) in [5.41, 5.74) is 0.901. The first kappa shape index (κ1) is 12.0. The predicted molar refractivity (Wildman–Crippen MR) is 79.8 cm³/mol. The van der Waals surface area contributed by atoms with Crippen molar-refractivity contribution in [2.75, 3.05) is 30.4 Å². The maximum absolute atomic E-state index is 5.48. The van der Waals surface area contributed by atoms with Gasteiger partial charge in [-0.3, -0.25) is 0 Å². The summed E-state index contributed by atoms with van der Waals surface area (Å²) in [6.07, 6.45) is 9.90. The molecule has 0 unspecified atom stereocenters. The van der Waals surface area contributed by atoms with Gasteiger partial charge >= 0.3 is 0 Å². The highest BCUT2D eigenvalue weighted by atomic mass is 32.1. The van der Waals surface area contributed by atoms with Crippen LogP contribution in [0.5, 0.6) is 0 Å². The fourth-order valence-corrected chi connectivity index (χ4v) is 2.90. The lowest BCUT2D eigenvalue weighted by Gasteiger charge is -2.16. The summed E-state index contributed by atoms with van der Waals surface area (Å²) < 4.78 is 5.48. The SMILES string of the molecule is CN(C)c1sc(N2C=CC=CC2)nc1-c1ccco1. The summed E-state index contributed by atoms with van der Waals surface area (Å²) in [5, 5.41) is 2.09. The molecule has 1 aliphatic heterocycles. The second-order valence-corrected chi connectivity index (χ2v) is 5.40. The zero-order valence-electron chi connectivity index (χ0n) is 10.9. The first-order chi connectivity index (χ1) is 9.25. The average Bonchev–Trinajstić information content (AvgIpc) is 3.08. The van der Waals surface area contributed by atoms with E-state index in [0.29, 0.717) is 0 Å². The van der Waals surface area contributed by atoms with Crippen molar-refractivity contribution in [1.29, 1.82) is 0 Å². The Labute approximate surface area is 116 Å². The van der Waals surface area contributed by atoms with Gasteiger partial charge in [0, 0.05) is 26.8 Å². The minimum atomic E-state index is 0.808. The van der Waals surface area contributed by atoms with E-state index in [0.717, 1.165) is 28.1 Å². The monoisotopic (exact) mass is 273 g/mol. The maximum atomic E-state index is 5.48. The summed E-state index contributed by atoms with van der Waals surface area (Å²) in [4.78, 5) is 8.92. The number of hydrogen-bond donors (Lipinski definition) is 0. The second kappa shape index (κ2) is 4.93. The molecule has 3 heterocycles. The van der Waals surface area contributed by atoms with Crippen LogP contribution in [-0.2, 0) is 0 Å². The molecule has 0 N–H and O–H groups in total. The molecule has 98 valence electrons. The standard InChI is InChI=1S/C14H15N3OS/c1-16(2)13-12(11-7-6-10-18-11)15-14(19-13)17-8-4-3-5-9-17/h3-8,10H,9H2,1-2H3. The minimum absolute atomic E-state index is 0.808. The van der Waals surface area contributed by atoms with Gasteiger partial charge in [-0.05, 0) is 18.2 Å². The van der Waals surface area contributed by atoms with Crippen molar-refractivity contribution in [2.45, 2.75) is 0 Å². The van der Waals surface area contributed by atoms with Crippen LogP contribution in [0, 0.1) is 0 Å². The Morgan fingerprint density at radius 2 is 2.26 bits per heavy atom. The summed E-state index contributed by atoms with van der Waals surface area (Å²) >= 11 is 1.67. The molecule has 5 heteroatoms. The third-order valence-corrected chi connectivity index (χ3v) is 4.08. The van der Waals surface area contributed by atoms with Crippen LogP contribution in [0.3, 0.4) is 0 Å². The van der Waals surface area contributed by atoms with E-state index in [1.165, 1.54) is 0 Å². The Bertz CT molecular complexity index is 611. The lowest BCUT2D eigenvalue weighted by molar-refractivity contribution is 0.580. The summed E-state index contributed by atoms with van der Waals surface area (Å²) in [6, 6.07) is 3.83. The van der Waals surface area contributed by atoms with E-state index in [1.807, 2.05) is 44.6 Å². The molecule has 0 saturated heterocycles. The maximum Gasteiger partial charge on any atom is 0.192 e. The Balaban J connectivity index is 2.02. The molecule has 0 amide bonds. The largest absolute Gasteiger partial charge is 0.463 e. The lowest BCUT2D eigenvalue weighted by Crippen LogP contribution is -2.16. The van der Waals surface area contributed by atoms with Crippen LogP contribution < -0.4 is 9.80 Å². The van der Waals surface area contributed by atoms with Crippen LogP contribution in [0.15, 0.2) is 47.2 Å². The van der Waals surface area contributed by atoms with Crippen molar-refractivity contribution in [3.05, 3.63) is 42.8 Å². The number of thiazole rings is 1. The Hall–Kier alpha value is -2.01. The fourth-order valence-electron chi connectivity index (χ4n) is 1.91. The average molecular weight is 273 g/mol. The van der Waals surface area contributed by atoms with Gasteiger partial charge in [-0.1, -0.05) is 23.5 Å². The zero-order chi connectivity index (χ0) is 13.2. The normalized spacial score (nSPS) is 14.1. The fraction of sp³-hybridized carbons (Fsp3) is 0.214. The highest BCUT2D eigenvalue weighted by molar-refractivity contribution is 7.20. The first-order valence-electron chi connectivity index (χ1n) is 6.07. The molecular weight excluding hydrogens is 258 g/mol. The van der Waals surface area contributed by atoms with E-state index in [2.05, 4.69) is 15.9 Å². The molecule has 4 nitrogen and oxygen atoms in total. The van der Waals surface area contributed by atoms with Gasteiger partial charge in [-0.2, -0.15) is 0 Å². The van der Waals surface area contributed by atoms with Crippen molar-refractivity contribution in [3.8, 4) is 11.5 Å². The molecular formula is C14H15N3OS. The first-order valence-corrected chi connectivity index (χ1v) is 6.89. The zero-order valence-corrected chi connectivity index (χ0v) is 11.7. The van der Waals surface area contributed by atoms with E-state index < -0.39 is 0 Å². The van der Waals surface area contributed by atoms with Gasteiger partial charge in [0.15, 0.2) is 10.9 Å². The number of nitrogens with zero attached hydrogens (tertiary/aromatic N) is 3. The molecule has 0 aliphatic carbocycles. The molecule has 2 aromatic rings. The van der Waals surface area contributed by atoms with Crippen LogP contribution >= 0.6 is 11.3 Å². The van der Waals surface area contributed by atoms with Gasteiger partial charge < -0.3 is 14.2 Å². The van der Waals surface area contributed by atoms with Crippen LogP contribution in [0.2, 0.25) is 0 Å². The molecule has 0 aromatic carbocycles. The van der Waals surface area contributed by atoms with E-state index in [9.17, 15) is 0 Å². The number of allylic oxidation sites excluding steroid dienone is 2. The second-order valence-electron chi connectivity index (χ2n) is 4.44. The van der Waals surface area contributed by atoms with Crippen molar-refractivity contribution >= 4 is 21.5 Å². The van der Waals surface area contributed by atoms with Crippen LogP contribution in [0.25, 0.3) is 11.5 Å². The smallest absolute Gasteiger partial charge is 0.192 e. The van der Waals surface area contributed by atoms with Gasteiger partial charge in [-0.15, -0.1) is 0 Å². The third-order valence-electron chi connectivity index (χ3n) is 2.82. The third kappa shape index (κ3) is 2.29. The topological polar surface area (TPSA) is 32.5 Å². The van der Waals surface area contributed by atoms with E-state index in [1.54, 1.807) is 17.6 Å². The van der Waals surface area contributed by atoms with Crippen molar-refractivity contribution in [1.82, 2.24) is 4.98 Å². The van der Waals surface area contributed by atoms with Crippen LogP contribution in [-0.4, -0.2) is 25.6 Å². The highest BCUT2D eigenvalue weighted by Gasteiger charge is 2.19. The predicted octanol–water partition coefficient (Wildman–Crippen LogP) is 3.36. The van der Waals surface area contributed by atoms with Crippen molar-refractivity contribution < 1.29 is 4.42 Å². The van der Waals surface area contributed by atoms with E-state index in [-0.39, 0.29) is 0 Å². The van der Waals surface area contributed by atoms with Crippen LogP contribution in [0.1, 0.15) is 0 Å². The quantitative estimate of drug-likeness (QED) is 0.858. The van der Waals surface area contributed by atoms with Gasteiger partial charge in [-0.25, -0.2) is 4.98 Å². The van der Waals surface area contributed by atoms with Crippen molar-refractivity contribution in [3.63, 3.8) is 0 Å². The van der Waals surface area contributed by atoms with Gasteiger partial charge in [0.2, 0.25) is 0 Å². The molecule has 0 atom stereocenters. The van der Waals surface area contributed by atoms with E-state index in [4.69, 9.17) is 9.40 Å². The lowest BCUT2D eigenvalue weighted by atomic mass is 10.3. The minimum Gasteiger partial charge on any atom is -0.463 e. The van der Waals surface area contributed by atoms with Gasteiger partial charge in [0.05, 0.1) is 6.26 Å². The Morgan fingerprint density at radius 1 is 1.37 bits per heavy atom. The Kier molecular flexibility index (Phi) is 3.13. The van der Waals surface area contributed by atoms with E-state index >= 15 is 0 Å². The summed E-state index contributed by atoms with van der Waals surface area (Å²) in [7, 11) is 4.05. The number of aromatic nitrogens is 1. The molecule has 2 aromatic heterocycles. The number of furan rings is 1. The molecule has 0 fully saturated rings.